The van der Waals surface area contributed by atoms with Crippen LogP contribution in [0.1, 0.15) is 11.1 Å². The predicted molar refractivity (Wildman–Crippen MR) is 90.0 cm³/mol. The Morgan fingerprint density at radius 2 is 1.89 bits per heavy atom. The molecule has 2 N–H and O–H groups in total. The van der Waals surface area contributed by atoms with Gasteiger partial charge in [0.15, 0.2) is 0 Å². The molecule has 1 unspecified atom stereocenters. The molecule has 0 fully saturated rings. The molecule has 2 aromatic carbocycles. The summed E-state index contributed by atoms with van der Waals surface area (Å²) in [6.45, 7) is -0.148. The van der Waals surface area contributed by atoms with Crippen LogP contribution in [-0.2, 0) is 11.4 Å². The number of alkyl halides is 3. The van der Waals surface area contributed by atoms with E-state index in [0.29, 0.717) is 11.3 Å². The number of rotatable bonds is 4. The number of benzene rings is 2. The summed E-state index contributed by atoms with van der Waals surface area (Å²) < 4.78 is 49.9. The third-order valence-corrected chi connectivity index (χ3v) is 4.08. The number of carboxylic acid groups (broad SMARTS) is 1. The van der Waals surface area contributed by atoms with Gasteiger partial charge in [-0.05, 0) is 29.8 Å². The average molecular weight is 401 g/mol. The Labute approximate surface area is 156 Å². The van der Waals surface area contributed by atoms with E-state index in [4.69, 9.17) is 31.3 Å². The second-order valence-electron chi connectivity index (χ2n) is 5.67. The number of halogens is 4. The molecule has 2 aromatic rings. The number of carboxylic acids is 1. The zero-order valence-electron chi connectivity index (χ0n) is 13.5. The number of hydrogen-bond acceptors (Lipinski definition) is 4. The van der Waals surface area contributed by atoms with Crippen LogP contribution < -0.4 is 9.47 Å². The molecule has 1 aliphatic heterocycles. The van der Waals surface area contributed by atoms with E-state index >= 15 is 0 Å². The second kappa shape index (κ2) is 7.13. The highest BCUT2D eigenvalue weighted by molar-refractivity contribution is 6.32. The normalized spacial score (nSPS) is 16.2. The van der Waals surface area contributed by atoms with Crippen molar-refractivity contribution in [2.75, 3.05) is 0 Å². The molecule has 3 rings (SSSR count). The van der Waals surface area contributed by atoms with E-state index in [-0.39, 0.29) is 28.7 Å². The fourth-order valence-corrected chi connectivity index (χ4v) is 2.69. The Bertz CT molecular complexity index is 906. The minimum atomic E-state index is -4.90. The quantitative estimate of drug-likeness (QED) is 0.794. The summed E-state index contributed by atoms with van der Waals surface area (Å²) >= 11 is 6.10. The van der Waals surface area contributed by atoms with Crippen LogP contribution in [0.2, 0.25) is 5.02 Å². The molecule has 0 amide bonds. The van der Waals surface area contributed by atoms with Crippen LogP contribution in [0.5, 0.6) is 17.2 Å². The second-order valence-corrected chi connectivity index (χ2v) is 6.08. The SMILES string of the molecule is O=C(O)C1=Cc2cc(Cl)c(Oc3ccc(CO)cc3)cc2OC1C(F)(F)F. The standard InChI is InChI=1S/C18H12ClF3O5/c19-13-6-10-5-12(17(24)25)16(18(20,21)22)27-14(10)7-15(13)26-11-3-1-9(8-23)2-4-11/h1-7,16,23H,8H2,(H,24,25). The van der Waals surface area contributed by atoms with Gasteiger partial charge < -0.3 is 19.7 Å². The molecule has 0 radical (unpaired) electrons. The molecule has 0 aromatic heterocycles. The monoisotopic (exact) mass is 400 g/mol. The summed E-state index contributed by atoms with van der Waals surface area (Å²) in [4.78, 5) is 11.1. The van der Waals surface area contributed by atoms with Gasteiger partial charge in [-0.15, -0.1) is 0 Å². The molecule has 142 valence electrons. The van der Waals surface area contributed by atoms with Crippen LogP contribution in [0.25, 0.3) is 6.08 Å². The Kier molecular flexibility index (Phi) is 5.03. The Hall–Kier alpha value is -2.71. The fraction of sp³-hybridized carbons (Fsp3) is 0.167. The maximum atomic E-state index is 13.1. The van der Waals surface area contributed by atoms with Gasteiger partial charge in [0.25, 0.3) is 0 Å². The van der Waals surface area contributed by atoms with Gasteiger partial charge in [-0.2, -0.15) is 13.2 Å². The van der Waals surface area contributed by atoms with Crippen LogP contribution >= 0.6 is 11.6 Å². The van der Waals surface area contributed by atoms with E-state index in [1.54, 1.807) is 24.3 Å². The van der Waals surface area contributed by atoms with Gasteiger partial charge in [0, 0.05) is 11.6 Å². The number of ether oxygens (including phenoxy) is 2. The van der Waals surface area contributed by atoms with Crippen molar-refractivity contribution in [3.05, 3.63) is 58.1 Å². The van der Waals surface area contributed by atoms with Crippen molar-refractivity contribution in [2.45, 2.75) is 18.9 Å². The molecular weight excluding hydrogens is 389 g/mol. The van der Waals surface area contributed by atoms with Crippen LogP contribution in [0.4, 0.5) is 13.2 Å². The first kappa shape index (κ1) is 19.1. The fourth-order valence-electron chi connectivity index (χ4n) is 2.48. The smallest absolute Gasteiger partial charge is 0.430 e. The molecule has 0 bridgehead atoms. The summed E-state index contributed by atoms with van der Waals surface area (Å²) in [6.07, 6.45) is -6.62. The maximum absolute atomic E-state index is 13.1. The van der Waals surface area contributed by atoms with Crippen molar-refractivity contribution >= 4 is 23.6 Å². The molecule has 0 saturated heterocycles. The molecule has 5 nitrogen and oxygen atoms in total. The van der Waals surface area contributed by atoms with E-state index in [9.17, 15) is 18.0 Å². The van der Waals surface area contributed by atoms with Gasteiger partial charge in [0.1, 0.15) is 17.2 Å². The maximum Gasteiger partial charge on any atom is 0.430 e. The Morgan fingerprint density at radius 1 is 1.22 bits per heavy atom. The van der Waals surface area contributed by atoms with Crippen LogP contribution in [0.3, 0.4) is 0 Å². The van der Waals surface area contributed by atoms with Crippen LogP contribution in [0, 0.1) is 0 Å². The molecule has 1 aliphatic rings. The first-order valence-electron chi connectivity index (χ1n) is 7.58. The highest BCUT2D eigenvalue weighted by Gasteiger charge is 2.48. The van der Waals surface area contributed by atoms with Gasteiger partial charge in [0.05, 0.1) is 17.2 Å². The highest BCUT2D eigenvalue weighted by Crippen LogP contribution is 2.42. The van der Waals surface area contributed by atoms with Crippen molar-refractivity contribution in [2.24, 2.45) is 0 Å². The highest BCUT2D eigenvalue weighted by atomic mass is 35.5. The molecule has 0 saturated carbocycles. The molecule has 27 heavy (non-hydrogen) atoms. The summed E-state index contributed by atoms with van der Waals surface area (Å²) in [7, 11) is 0. The number of fused-ring (bicyclic) bond motifs is 1. The van der Waals surface area contributed by atoms with E-state index < -0.39 is 23.8 Å². The lowest BCUT2D eigenvalue weighted by Crippen LogP contribution is -2.40. The van der Waals surface area contributed by atoms with Gasteiger partial charge in [-0.25, -0.2) is 4.79 Å². The topological polar surface area (TPSA) is 76.0 Å². The van der Waals surface area contributed by atoms with Crippen LogP contribution in [0.15, 0.2) is 42.0 Å². The van der Waals surface area contributed by atoms with Crippen molar-refractivity contribution in [3.8, 4) is 17.2 Å². The summed E-state index contributed by atoms with van der Waals surface area (Å²) in [5, 5.41) is 18.1. The Morgan fingerprint density at radius 3 is 2.44 bits per heavy atom. The molecular formula is C18H12ClF3O5. The lowest BCUT2D eigenvalue weighted by molar-refractivity contribution is -0.187. The average Bonchev–Trinajstić information content (AvgIpc) is 2.61. The summed E-state index contributed by atoms with van der Waals surface area (Å²) in [5.41, 5.74) is -0.179. The molecule has 0 aliphatic carbocycles. The third-order valence-electron chi connectivity index (χ3n) is 3.78. The van der Waals surface area contributed by atoms with Crippen molar-refractivity contribution in [3.63, 3.8) is 0 Å². The first-order chi connectivity index (χ1) is 12.7. The number of hydrogen-bond donors (Lipinski definition) is 2. The zero-order chi connectivity index (χ0) is 19.8. The zero-order valence-corrected chi connectivity index (χ0v) is 14.2. The van der Waals surface area contributed by atoms with E-state index in [0.717, 1.165) is 6.08 Å². The summed E-state index contributed by atoms with van der Waals surface area (Å²) in [5.74, 6) is -1.55. The first-order valence-corrected chi connectivity index (χ1v) is 7.96. The summed E-state index contributed by atoms with van der Waals surface area (Å²) in [6, 6.07) is 8.78. The lowest BCUT2D eigenvalue weighted by atomic mass is 10.0. The molecule has 1 atom stereocenters. The van der Waals surface area contributed by atoms with Gasteiger partial charge >= 0.3 is 12.1 Å². The van der Waals surface area contributed by atoms with Crippen molar-refractivity contribution < 1.29 is 37.7 Å². The minimum absolute atomic E-state index is 0.0419. The number of aliphatic hydroxyl groups is 1. The van der Waals surface area contributed by atoms with Crippen LogP contribution in [-0.4, -0.2) is 28.5 Å². The lowest BCUT2D eigenvalue weighted by Gasteiger charge is -2.27. The minimum Gasteiger partial charge on any atom is -0.478 e. The number of aliphatic carboxylic acids is 1. The predicted octanol–water partition coefficient (Wildman–Crippen LogP) is 4.42. The van der Waals surface area contributed by atoms with Gasteiger partial charge in [0.2, 0.25) is 6.10 Å². The number of carbonyl (C=O) groups is 1. The third kappa shape index (κ3) is 4.01. The Balaban J connectivity index is 1.97. The van der Waals surface area contributed by atoms with E-state index in [1.807, 2.05) is 0 Å². The number of aliphatic hydroxyl groups excluding tert-OH is 1. The van der Waals surface area contributed by atoms with Crippen molar-refractivity contribution in [1.82, 2.24) is 0 Å². The van der Waals surface area contributed by atoms with E-state index in [2.05, 4.69) is 0 Å². The van der Waals surface area contributed by atoms with Gasteiger partial charge in [-0.3, -0.25) is 0 Å². The molecule has 0 spiro atoms. The van der Waals surface area contributed by atoms with Gasteiger partial charge in [-0.1, -0.05) is 23.7 Å². The largest absolute Gasteiger partial charge is 0.478 e. The van der Waals surface area contributed by atoms with E-state index in [1.165, 1.54) is 12.1 Å². The molecule has 1 heterocycles. The van der Waals surface area contributed by atoms with Crippen molar-refractivity contribution in [1.29, 1.82) is 0 Å². The molecule has 9 heteroatoms.